The summed E-state index contributed by atoms with van der Waals surface area (Å²) in [6.45, 7) is 0.103. The summed E-state index contributed by atoms with van der Waals surface area (Å²) in [5.41, 5.74) is 4.17. The van der Waals surface area contributed by atoms with Crippen LogP contribution in [0, 0.1) is 11.3 Å². The zero-order valence-electron chi connectivity index (χ0n) is 15.0. The third-order valence-corrected chi connectivity index (χ3v) is 4.43. The molecule has 134 valence electrons. The van der Waals surface area contributed by atoms with E-state index in [0.29, 0.717) is 11.1 Å². The van der Waals surface area contributed by atoms with Gasteiger partial charge in [0.25, 0.3) is 0 Å². The number of carbonyl (C=O) groups excluding carboxylic acids is 1. The molecule has 0 atom stereocenters. The van der Waals surface area contributed by atoms with Gasteiger partial charge in [0, 0.05) is 10.9 Å². The first kappa shape index (κ1) is 17.4. The fourth-order valence-electron chi connectivity index (χ4n) is 3.06. The highest BCUT2D eigenvalue weighted by Gasteiger charge is 2.15. The molecule has 0 spiro atoms. The first-order valence-electron chi connectivity index (χ1n) is 8.86. The normalized spacial score (nSPS) is 10.4. The zero-order valence-corrected chi connectivity index (χ0v) is 15.0. The van der Waals surface area contributed by atoms with Gasteiger partial charge in [0.1, 0.15) is 6.61 Å². The molecule has 0 saturated carbocycles. The topological polar surface area (TPSA) is 63.0 Å². The summed E-state index contributed by atoms with van der Waals surface area (Å²) in [5.74, 6) is -0.418. The van der Waals surface area contributed by atoms with E-state index in [0.717, 1.165) is 27.7 Å². The number of carbonyl (C=O) groups is 1. The smallest absolute Gasteiger partial charge is 0.339 e. The molecular formula is C24H16N2O2. The van der Waals surface area contributed by atoms with Crippen molar-refractivity contribution in [1.29, 1.82) is 5.26 Å². The minimum Gasteiger partial charge on any atom is -0.457 e. The molecular weight excluding hydrogens is 348 g/mol. The number of pyridine rings is 1. The molecule has 4 nitrogen and oxygen atoms in total. The average Bonchev–Trinajstić information content (AvgIpc) is 2.77. The molecule has 0 aliphatic carbocycles. The van der Waals surface area contributed by atoms with Gasteiger partial charge in [0.15, 0.2) is 0 Å². The monoisotopic (exact) mass is 364 g/mol. The SMILES string of the molecule is N#Cc1cccc(COC(=O)c2cc(-c3ccccc3)nc3ccccc23)c1. The Morgan fingerprint density at radius 3 is 2.54 bits per heavy atom. The molecule has 0 unspecified atom stereocenters. The van der Waals surface area contributed by atoms with Crippen LogP contribution in [0.4, 0.5) is 0 Å². The van der Waals surface area contributed by atoms with Gasteiger partial charge in [-0.05, 0) is 29.8 Å². The number of rotatable bonds is 4. The predicted octanol–water partition coefficient (Wildman–Crippen LogP) is 5.13. The second kappa shape index (κ2) is 7.73. The standard InChI is InChI=1S/C24H16N2O2/c25-15-17-7-6-8-18(13-17)16-28-24(27)21-14-23(19-9-2-1-3-10-19)26-22-12-5-4-11-20(21)22/h1-14H,16H2. The Kier molecular flexibility index (Phi) is 4.81. The fraction of sp³-hybridized carbons (Fsp3) is 0.0417. The van der Waals surface area contributed by atoms with Crippen LogP contribution >= 0.6 is 0 Å². The van der Waals surface area contributed by atoms with Gasteiger partial charge in [-0.2, -0.15) is 5.26 Å². The van der Waals surface area contributed by atoms with Crippen molar-refractivity contribution in [1.82, 2.24) is 4.98 Å². The molecule has 0 saturated heterocycles. The van der Waals surface area contributed by atoms with E-state index in [2.05, 4.69) is 11.1 Å². The third-order valence-electron chi connectivity index (χ3n) is 4.43. The van der Waals surface area contributed by atoms with Crippen molar-refractivity contribution in [2.75, 3.05) is 0 Å². The number of benzene rings is 3. The maximum Gasteiger partial charge on any atom is 0.339 e. The molecule has 0 radical (unpaired) electrons. The number of ether oxygens (including phenoxy) is 1. The van der Waals surface area contributed by atoms with Gasteiger partial charge in [-0.15, -0.1) is 0 Å². The third kappa shape index (κ3) is 3.60. The van der Waals surface area contributed by atoms with Crippen molar-refractivity contribution in [3.05, 3.63) is 102 Å². The van der Waals surface area contributed by atoms with Crippen LogP contribution in [-0.4, -0.2) is 11.0 Å². The van der Waals surface area contributed by atoms with Crippen LogP contribution in [0.15, 0.2) is 84.9 Å². The Morgan fingerprint density at radius 1 is 0.929 bits per heavy atom. The first-order valence-corrected chi connectivity index (χ1v) is 8.86. The van der Waals surface area contributed by atoms with Gasteiger partial charge in [-0.3, -0.25) is 0 Å². The maximum atomic E-state index is 12.9. The number of aromatic nitrogens is 1. The average molecular weight is 364 g/mol. The number of hydrogen-bond acceptors (Lipinski definition) is 4. The van der Waals surface area contributed by atoms with Gasteiger partial charge in [0.2, 0.25) is 0 Å². The molecule has 0 bridgehead atoms. The lowest BCUT2D eigenvalue weighted by Crippen LogP contribution is -2.07. The van der Waals surface area contributed by atoms with Crippen molar-refractivity contribution >= 4 is 16.9 Å². The van der Waals surface area contributed by atoms with E-state index >= 15 is 0 Å². The molecule has 28 heavy (non-hydrogen) atoms. The summed E-state index contributed by atoms with van der Waals surface area (Å²) < 4.78 is 5.54. The van der Waals surface area contributed by atoms with Crippen molar-refractivity contribution in [2.24, 2.45) is 0 Å². The van der Waals surface area contributed by atoms with E-state index in [1.54, 1.807) is 24.3 Å². The van der Waals surface area contributed by atoms with E-state index in [1.807, 2.05) is 60.7 Å². The highest BCUT2D eigenvalue weighted by atomic mass is 16.5. The van der Waals surface area contributed by atoms with Crippen molar-refractivity contribution in [2.45, 2.75) is 6.61 Å². The van der Waals surface area contributed by atoms with Gasteiger partial charge >= 0.3 is 5.97 Å². The minimum absolute atomic E-state index is 0.103. The molecule has 4 aromatic rings. The van der Waals surface area contributed by atoms with Gasteiger partial charge in [-0.25, -0.2) is 9.78 Å². The van der Waals surface area contributed by atoms with Gasteiger partial charge in [-0.1, -0.05) is 60.7 Å². The van der Waals surface area contributed by atoms with Crippen molar-refractivity contribution in [3.8, 4) is 17.3 Å². The molecule has 0 amide bonds. The molecule has 3 aromatic carbocycles. The number of hydrogen-bond donors (Lipinski definition) is 0. The largest absolute Gasteiger partial charge is 0.457 e. The number of nitriles is 1. The molecule has 1 aromatic heterocycles. The summed E-state index contributed by atoms with van der Waals surface area (Å²) in [6.07, 6.45) is 0. The molecule has 0 aliphatic rings. The van der Waals surface area contributed by atoms with E-state index in [-0.39, 0.29) is 6.61 Å². The lowest BCUT2D eigenvalue weighted by molar-refractivity contribution is 0.0475. The summed E-state index contributed by atoms with van der Waals surface area (Å²) in [5, 5.41) is 9.76. The predicted molar refractivity (Wildman–Crippen MR) is 107 cm³/mol. The van der Waals surface area contributed by atoms with Crippen LogP contribution in [0.5, 0.6) is 0 Å². The zero-order chi connectivity index (χ0) is 19.3. The first-order chi connectivity index (χ1) is 13.7. The van der Waals surface area contributed by atoms with Crippen LogP contribution in [0.25, 0.3) is 22.2 Å². The van der Waals surface area contributed by atoms with Gasteiger partial charge in [0.05, 0.1) is 28.4 Å². The highest BCUT2D eigenvalue weighted by Crippen LogP contribution is 2.25. The number of fused-ring (bicyclic) bond motifs is 1. The Balaban J connectivity index is 1.68. The summed E-state index contributed by atoms with van der Waals surface area (Å²) >= 11 is 0. The van der Waals surface area contributed by atoms with E-state index in [4.69, 9.17) is 10.00 Å². The van der Waals surface area contributed by atoms with Crippen molar-refractivity contribution < 1.29 is 9.53 Å². The van der Waals surface area contributed by atoms with Crippen LogP contribution in [0.2, 0.25) is 0 Å². The molecule has 0 fully saturated rings. The number of nitrogens with zero attached hydrogens (tertiary/aromatic N) is 2. The van der Waals surface area contributed by atoms with E-state index in [1.165, 1.54) is 0 Å². The Hall–Kier alpha value is -3.97. The lowest BCUT2D eigenvalue weighted by atomic mass is 10.0. The minimum atomic E-state index is -0.418. The van der Waals surface area contributed by atoms with Crippen LogP contribution in [0.1, 0.15) is 21.5 Å². The Morgan fingerprint density at radius 2 is 1.71 bits per heavy atom. The molecule has 1 heterocycles. The summed E-state index contributed by atoms with van der Waals surface area (Å²) in [6, 6.07) is 28.1. The van der Waals surface area contributed by atoms with Crippen LogP contribution in [0.3, 0.4) is 0 Å². The van der Waals surface area contributed by atoms with Gasteiger partial charge < -0.3 is 4.74 Å². The second-order valence-electron chi connectivity index (χ2n) is 6.33. The van der Waals surface area contributed by atoms with Crippen LogP contribution < -0.4 is 0 Å². The molecule has 4 heteroatoms. The highest BCUT2D eigenvalue weighted by molar-refractivity contribution is 6.04. The maximum absolute atomic E-state index is 12.9. The number of esters is 1. The van der Waals surface area contributed by atoms with Crippen LogP contribution in [-0.2, 0) is 11.3 Å². The second-order valence-corrected chi connectivity index (χ2v) is 6.33. The Bertz CT molecular complexity index is 1190. The van der Waals surface area contributed by atoms with Crippen molar-refractivity contribution in [3.63, 3.8) is 0 Å². The Labute approximate surface area is 162 Å². The molecule has 0 N–H and O–H groups in total. The van der Waals surface area contributed by atoms with E-state index in [9.17, 15) is 4.79 Å². The quantitative estimate of drug-likeness (QED) is 0.471. The lowest BCUT2D eigenvalue weighted by Gasteiger charge is -2.10. The summed E-state index contributed by atoms with van der Waals surface area (Å²) in [7, 11) is 0. The number of para-hydroxylation sites is 1. The van der Waals surface area contributed by atoms with E-state index < -0.39 is 5.97 Å². The molecule has 4 rings (SSSR count). The fourth-order valence-corrected chi connectivity index (χ4v) is 3.06. The summed E-state index contributed by atoms with van der Waals surface area (Å²) in [4.78, 5) is 17.5. The molecule has 0 aliphatic heterocycles.